The van der Waals surface area contributed by atoms with E-state index in [1.54, 1.807) is 0 Å². The first-order chi connectivity index (χ1) is 12.3. The molecule has 2 atom stereocenters. The van der Waals surface area contributed by atoms with Gasteiger partial charge in [-0.05, 0) is 50.5 Å². The van der Waals surface area contributed by atoms with Crippen LogP contribution in [0.4, 0.5) is 20.2 Å². The van der Waals surface area contributed by atoms with E-state index in [-0.39, 0.29) is 5.91 Å². The first-order valence-electron chi connectivity index (χ1n) is 8.41. The molecule has 1 aliphatic carbocycles. The number of benzene rings is 2. The third-order valence-corrected chi connectivity index (χ3v) is 4.60. The fourth-order valence-corrected chi connectivity index (χ4v) is 3.20. The molecule has 136 valence electrons. The molecular formula is C20H20F2N2O2. The number of para-hydroxylation sites is 1. The molecule has 2 aromatic rings. The minimum absolute atomic E-state index is 0.255. The predicted octanol–water partition coefficient (Wildman–Crippen LogP) is 4.10. The van der Waals surface area contributed by atoms with Gasteiger partial charge in [0.05, 0.1) is 11.8 Å². The first-order valence-corrected chi connectivity index (χ1v) is 8.41. The molecule has 26 heavy (non-hydrogen) atoms. The maximum absolute atomic E-state index is 13.6. The Balaban J connectivity index is 1.65. The van der Waals surface area contributed by atoms with Gasteiger partial charge in [0.1, 0.15) is 17.3 Å². The second-order valence-electron chi connectivity index (χ2n) is 6.80. The molecule has 3 rings (SSSR count). The van der Waals surface area contributed by atoms with Crippen LogP contribution in [0.3, 0.4) is 0 Å². The maximum Gasteiger partial charge on any atom is 0.228 e. The topological polar surface area (TPSA) is 58.2 Å². The molecule has 1 saturated carbocycles. The number of carbonyl (C=O) groups excluding carboxylic acids is 2. The van der Waals surface area contributed by atoms with Gasteiger partial charge in [-0.2, -0.15) is 0 Å². The molecule has 0 saturated heterocycles. The van der Waals surface area contributed by atoms with Crippen LogP contribution < -0.4 is 10.6 Å². The van der Waals surface area contributed by atoms with Crippen LogP contribution >= 0.6 is 0 Å². The fourth-order valence-electron chi connectivity index (χ4n) is 3.20. The van der Waals surface area contributed by atoms with Gasteiger partial charge < -0.3 is 10.6 Å². The predicted molar refractivity (Wildman–Crippen MR) is 95.9 cm³/mol. The summed E-state index contributed by atoms with van der Waals surface area (Å²) in [6.45, 7) is 5.80. The van der Waals surface area contributed by atoms with Crippen molar-refractivity contribution in [3.05, 3.63) is 58.7 Å². The standard InChI is InChI=1S/C20H20F2N2O2/c1-10-7-11(2)17(12(3)8-10)23-19(25)13-9-14(13)20(26)24-18-15(21)5-4-6-16(18)22/h4-8,13-14H,9H2,1-3H3,(H,23,25)(H,24,26). The third kappa shape index (κ3) is 3.59. The number of carbonyl (C=O) groups is 2. The molecule has 0 spiro atoms. The van der Waals surface area contributed by atoms with Gasteiger partial charge in [0.25, 0.3) is 0 Å². The lowest BCUT2D eigenvalue weighted by molar-refractivity contribution is -0.122. The van der Waals surface area contributed by atoms with Crippen molar-refractivity contribution in [3.63, 3.8) is 0 Å². The van der Waals surface area contributed by atoms with Crippen LogP contribution in [0.25, 0.3) is 0 Å². The number of hydrogen-bond donors (Lipinski definition) is 2. The molecule has 0 aromatic heterocycles. The molecule has 0 bridgehead atoms. The monoisotopic (exact) mass is 358 g/mol. The van der Waals surface area contributed by atoms with Gasteiger partial charge in [0.2, 0.25) is 11.8 Å². The molecule has 1 aliphatic rings. The Hall–Kier alpha value is -2.76. The minimum Gasteiger partial charge on any atom is -0.325 e. The quantitative estimate of drug-likeness (QED) is 0.864. The van der Waals surface area contributed by atoms with Gasteiger partial charge in [0, 0.05) is 5.69 Å². The van der Waals surface area contributed by atoms with Gasteiger partial charge in [-0.1, -0.05) is 23.8 Å². The van der Waals surface area contributed by atoms with E-state index in [0.29, 0.717) is 6.42 Å². The molecule has 0 aliphatic heterocycles. The van der Waals surface area contributed by atoms with Crippen molar-refractivity contribution in [2.75, 3.05) is 10.6 Å². The highest BCUT2D eigenvalue weighted by atomic mass is 19.1. The number of hydrogen-bond acceptors (Lipinski definition) is 2. The van der Waals surface area contributed by atoms with Gasteiger partial charge >= 0.3 is 0 Å². The van der Waals surface area contributed by atoms with Crippen LogP contribution in [0.5, 0.6) is 0 Å². The molecule has 0 radical (unpaired) electrons. The zero-order valence-electron chi connectivity index (χ0n) is 14.8. The minimum atomic E-state index is -0.842. The molecule has 2 unspecified atom stereocenters. The summed E-state index contributed by atoms with van der Waals surface area (Å²) in [5.41, 5.74) is 3.27. The van der Waals surface area contributed by atoms with Gasteiger partial charge in [-0.25, -0.2) is 8.78 Å². The van der Waals surface area contributed by atoms with Crippen molar-refractivity contribution in [1.29, 1.82) is 0 Å². The van der Waals surface area contributed by atoms with E-state index in [1.807, 2.05) is 32.9 Å². The number of halogens is 2. The van der Waals surface area contributed by atoms with Crippen molar-refractivity contribution in [1.82, 2.24) is 0 Å². The number of rotatable bonds is 4. The van der Waals surface area contributed by atoms with E-state index < -0.39 is 35.1 Å². The van der Waals surface area contributed by atoms with Crippen LogP contribution in [-0.2, 0) is 9.59 Å². The average Bonchev–Trinajstić information content (AvgIpc) is 3.35. The summed E-state index contributed by atoms with van der Waals surface area (Å²) in [6, 6.07) is 7.30. The van der Waals surface area contributed by atoms with Crippen LogP contribution in [0.2, 0.25) is 0 Å². The Morgan fingerprint density at radius 2 is 1.35 bits per heavy atom. The molecule has 2 N–H and O–H groups in total. The summed E-state index contributed by atoms with van der Waals surface area (Å²) in [6.07, 6.45) is 0.359. The van der Waals surface area contributed by atoms with Gasteiger partial charge in [0.15, 0.2) is 0 Å². The lowest BCUT2D eigenvalue weighted by Crippen LogP contribution is -2.22. The van der Waals surface area contributed by atoms with Crippen LogP contribution in [0, 0.1) is 44.2 Å². The lowest BCUT2D eigenvalue weighted by atomic mass is 10.0. The van der Waals surface area contributed by atoms with Crippen LogP contribution in [-0.4, -0.2) is 11.8 Å². The smallest absolute Gasteiger partial charge is 0.228 e. The zero-order chi connectivity index (χ0) is 19.0. The van der Waals surface area contributed by atoms with Crippen molar-refractivity contribution in [2.45, 2.75) is 27.2 Å². The highest BCUT2D eigenvalue weighted by molar-refractivity contribution is 6.03. The molecule has 2 amide bonds. The zero-order valence-corrected chi connectivity index (χ0v) is 14.8. The van der Waals surface area contributed by atoms with Gasteiger partial charge in [-0.15, -0.1) is 0 Å². The third-order valence-electron chi connectivity index (χ3n) is 4.60. The van der Waals surface area contributed by atoms with E-state index >= 15 is 0 Å². The Morgan fingerprint density at radius 1 is 0.885 bits per heavy atom. The highest BCUT2D eigenvalue weighted by Crippen LogP contribution is 2.41. The summed E-state index contributed by atoms with van der Waals surface area (Å²) < 4.78 is 27.3. The van der Waals surface area contributed by atoms with E-state index in [2.05, 4.69) is 10.6 Å². The van der Waals surface area contributed by atoms with Crippen molar-refractivity contribution >= 4 is 23.2 Å². The highest BCUT2D eigenvalue weighted by Gasteiger charge is 2.48. The molecular weight excluding hydrogens is 338 g/mol. The Kier molecular flexibility index (Phi) is 4.76. The van der Waals surface area contributed by atoms with Crippen molar-refractivity contribution < 1.29 is 18.4 Å². The first kappa shape index (κ1) is 18.0. The molecule has 0 heterocycles. The number of nitrogens with one attached hydrogen (secondary N) is 2. The summed E-state index contributed by atoms with van der Waals surface area (Å²) >= 11 is 0. The Bertz CT molecular complexity index is 852. The normalized spacial score (nSPS) is 18.3. The molecule has 2 aromatic carbocycles. The lowest BCUT2D eigenvalue weighted by Gasteiger charge is -2.13. The number of aryl methyl sites for hydroxylation is 3. The Labute approximate surface area is 150 Å². The average molecular weight is 358 g/mol. The number of amides is 2. The summed E-state index contributed by atoms with van der Waals surface area (Å²) in [5.74, 6) is -3.57. The van der Waals surface area contributed by atoms with E-state index in [4.69, 9.17) is 0 Å². The summed E-state index contributed by atoms with van der Waals surface area (Å²) in [7, 11) is 0. The van der Waals surface area contributed by atoms with E-state index in [9.17, 15) is 18.4 Å². The van der Waals surface area contributed by atoms with Crippen molar-refractivity contribution in [2.24, 2.45) is 11.8 Å². The number of anilines is 2. The van der Waals surface area contributed by atoms with E-state index in [1.165, 1.54) is 6.07 Å². The van der Waals surface area contributed by atoms with Crippen LogP contribution in [0.15, 0.2) is 30.3 Å². The SMILES string of the molecule is Cc1cc(C)c(NC(=O)C2CC2C(=O)Nc2c(F)cccc2F)c(C)c1. The second kappa shape index (κ2) is 6.86. The summed E-state index contributed by atoms with van der Waals surface area (Å²) in [5, 5.41) is 5.12. The van der Waals surface area contributed by atoms with E-state index in [0.717, 1.165) is 34.5 Å². The van der Waals surface area contributed by atoms with Crippen LogP contribution in [0.1, 0.15) is 23.1 Å². The largest absolute Gasteiger partial charge is 0.325 e. The molecule has 6 heteroatoms. The molecule has 1 fully saturated rings. The van der Waals surface area contributed by atoms with Gasteiger partial charge in [-0.3, -0.25) is 9.59 Å². The maximum atomic E-state index is 13.6. The Morgan fingerprint density at radius 3 is 1.85 bits per heavy atom. The molecule has 4 nitrogen and oxygen atoms in total. The second-order valence-corrected chi connectivity index (χ2v) is 6.80. The van der Waals surface area contributed by atoms with Crippen molar-refractivity contribution in [3.8, 4) is 0 Å². The fraction of sp³-hybridized carbons (Fsp3) is 0.300. The summed E-state index contributed by atoms with van der Waals surface area (Å²) in [4.78, 5) is 24.6.